The molecule has 0 spiro atoms. The predicted octanol–water partition coefficient (Wildman–Crippen LogP) is 4.79. The second kappa shape index (κ2) is 7.64. The van der Waals surface area contributed by atoms with Gasteiger partial charge in [0, 0.05) is 23.7 Å². The second-order valence-corrected chi connectivity index (χ2v) is 8.71. The number of carbonyl (C=O) groups is 2. The van der Waals surface area contributed by atoms with E-state index < -0.39 is 28.6 Å². The molecule has 1 fully saturated rings. The quantitative estimate of drug-likeness (QED) is 0.712. The van der Waals surface area contributed by atoms with Crippen LogP contribution in [0.4, 0.5) is 0 Å². The third-order valence-corrected chi connectivity index (χ3v) is 5.88. The molecule has 1 unspecified atom stereocenters. The summed E-state index contributed by atoms with van der Waals surface area (Å²) in [7, 11) is 0. The first-order valence-electron chi connectivity index (χ1n) is 9.75. The van der Waals surface area contributed by atoms with Gasteiger partial charge in [-0.1, -0.05) is 81.4 Å². The third kappa shape index (κ3) is 3.47. The SMILES string of the molecule is CC(C)(C)C(=O)C1C(=O)C[C@H](c2ccccc2)C(C#N)(C#N)[C@H]1c1ccccc1. The molecule has 1 saturated carbocycles. The minimum Gasteiger partial charge on any atom is -0.299 e. The largest absolute Gasteiger partial charge is 0.299 e. The Balaban J connectivity index is 2.28. The molecule has 2 aromatic carbocycles. The molecular formula is C25H24N2O2. The van der Waals surface area contributed by atoms with Crippen molar-refractivity contribution in [3.63, 3.8) is 0 Å². The summed E-state index contributed by atoms with van der Waals surface area (Å²) < 4.78 is 0. The molecule has 1 aliphatic rings. The number of benzene rings is 2. The van der Waals surface area contributed by atoms with E-state index >= 15 is 0 Å². The minimum atomic E-state index is -1.53. The number of hydrogen-bond acceptors (Lipinski definition) is 4. The zero-order valence-electron chi connectivity index (χ0n) is 16.9. The first kappa shape index (κ1) is 20.5. The van der Waals surface area contributed by atoms with E-state index in [9.17, 15) is 20.1 Å². The average molecular weight is 384 g/mol. The zero-order chi connectivity index (χ0) is 21.2. The van der Waals surface area contributed by atoms with E-state index in [2.05, 4.69) is 12.1 Å². The van der Waals surface area contributed by atoms with Crippen molar-refractivity contribution >= 4 is 11.6 Å². The zero-order valence-corrected chi connectivity index (χ0v) is 16.9. The molecule has 4 heteroatoms. The van der Waals surface area contributed by atoms with Gasteiger partial charge in [0.05, 0.1) is 18.1 Å². The Hall–Kier alpha value is -3.24. The van der Waals surface area contributed by atoms with Crippen LogP contribution < -0.4 is 0 Å². The van der Waals surface area contributed by atoms with Gasteiger partial charge in [0.1, 0.15) is 11.6 Å². The van der Waals surface area contributed by atoms with E-state index in [0.717, 1.165) is 5.56 Å². The lowest BCUT2D eigenvalue weighted by molar-refractivity contribution is -0.142. The van der Waals surface area contributed by atoms with Crippen LogP contribution in [-0.2, 0) is 9.59 Å². The number of nitrogens with zero attached hydrogens (tertiary/aromatic N) is 2. The topological polar surface area (TPSA) is 81.7 Å². The summed E-state index contributed by atoms with van der Waals surface area (Å²) in [6, 6.07) is 22.8. The lowest BCUT2D eigenvalue weighted by Crippen LogP contribution is -2.50. The van der Waals surface area contributed by atoms with Crippen LogP contribution in [0.2, 0.25) is 0 Å². The fourth-order valence-corrected chi connectivity index (χ4v) is 4.42. The highest BCUT2D eigenvalue weighted by Gasteiger charge is 2.59. The summed E-state index contributed by atoms with van der Waals surface area (Å²) in [5.41, 5.74) is -0.843. The Kier molecular flexibility index (Phi) is 5.40. The first-order valence-corrected chi connectivity index (χ1v) is 9.75. The van der Waals surface area contributed by atoms with Crippen LogP contribution in [0.1, 0.15) is 50.2 Å². The first-order chi connectivity index (χ1) is 13.8. The minimum absolute atomic E-state index is 0.000946. The molecule has 0 bridgehead atoms. The van der Waals surface area contributed by atoms with Gasteiger partial charge in [0.25, 0.3) is 0 Å². The molecule has 0 amide bonds. The van der Waals surface area contributed by atoms with Crippen molar-refractivity contribution in [2.24, 2.45) is 16.7 Å². The van der Waals surface area contributed by atoms with Crippen LogP contribution in [0.3, 0.4) is 0 Å². The standard InChI is InChI=1S/C25H24N2O2/c1-24(2,3)23(29)21-20(28)14-19(17-10-6-4-7-11-17)25(15-26,16-27)22(21)18-12-8-5-9-13-18/h4-13,19,21-22H,14H2,1-3H3/t19-,21?,22+/m1/s1. The molecule has 0 radical (unpaired) electrons. The molecule has 29 heavy (non-hydrogen) atoms. The van der Waals surface area contributed by atoms with Crippen molar-refractivity contribution in [3.8, 4) is 12.1 Å². The van der Waals surface area contributed by atoms with Crippen LogP contribution in [0.5, 0.6) is 0 Å². The maximum Gasteiger partial charge on any atom is 0.158 e. The summed E-state index contributed by atoms with van der Waals surface area (Å²) in [5, 5.41) is 20.6. The Morgan fingerprint density at radius 3 is 1.86 bits per heavy atom. The lowest BCUT2D eigenvalue weighted by atomic mass is 9.52. The van der Waals surface area contributed by atoms with Crippen molar-refractivity contribution in [2.45, 2.75) is 39.0 Å². The van der Waals surface area contributed by atoms with Crippen molar-refractivity contribution in [3.05, 3.63) is 71.8 Å². The number of Topliss-reactive ketones (excluding diaryl/α,β-unsaturated/α-hetero) is 2. The molecule has 0 saturated heterocycles. The van der Waals surface area contributed by atoms with E-state index in [1.54, 1.807) is 32.9 Å². The maximum absolute atomic E-state index is 13.3. The van der Waals surface area contributed by atoms with Crippen LogP contribution in [0, 0.1) is 39.4 Å². The maximum atomic E-state index is 13.3. The molecule has 3 rings (SSSR count). The van der Waals surface area contributed by atoms with Gasteiger partial charge in [-0.25, -0.2) is 0 Å². The third-order valence-electron chi connectivity index (χ3n) is 5.88. The Morgan fingerprint density at radius 2 is 1.41 bits per heavy atom. The summed E-state index contributed by atoms with van der Waals surface area (Å²) >= 11 is 0. The van der Waals surface area contributed by atoms with Crippen LogP contribution >= 0.6 is 0 Å². The number of ketones is 2. The summed E-state index contributed by atoms with van der Waals surface area (Å²) in [5.74, 6) is -2.86. The monoisotopic (exact) mass is 384 g/mol. The van der Waals surface area contributed by atoms with E-state index in [1.165, 1.54) is 0 Å². The summed E-state index contributed by atoms with van der Waals surface area (Å²) in [6.45, 7) is 5.32. The van der Waals surface area contributed by atoms with Gasteiger partial charge in [-0.2, -0.15) is 10.5 Å². The highest BCUT2D eigenvalue weighted by atomic mass is 16.2. The highest BCUT2D eigenvalue weighted by Crippen LogP contribution is 2.56. The van der Waals surface area contributed by atoms with Gasteiger partial charge in [0.15, 0.2) is 5.41 Å². The lowest BCUT2D eigenvalue weighted by Gasteiger charge is -2.45. The molecule has 1 aliphatic carbocycles. The number of nitriles is 2. The van der Waals surface area contributed by atoms with Crippen molar-refractivity contribution in [1.29, 1.82) is 10.5 Å². The molecule has 0 N–H and O–H groups in total. The van der Waals surface area contributed by atoms with Crippen molar-refractivity contribution in [1.82, 2.24) is 0 Å². The molecule has 0 aromatic heterocycles. The van der Waals surface area contributed by atoms with Crippen LogP contribution in [0.15, 0.2) is 60.7 Å². The normalized spacial score (nSPS) is 23.6. The van der Waals surface area contributed by atoms with Gasteiger partial charge in [-0.3, -0.25) is 9.59 Å². The van der Waals surface area contributed by atoms with E-state index in [4.69, 9.17) is 0 Å². The fourth-order valence-electron chi connectivity index (χ4n) is 4.42. The van der Waals surface area contributed by atoms with Gasteiger partial charge in [-0.05, 0) is 11.1 Å². The Bertz CT molecular complexity index is 977. The molecule has 4 nitrogen and oxygen atoms in total. The average Bonchev–Trinajstić information content (AvgIpc) is 2.73. The number of rotatable bonds is 3. The fraction of sp³-hybridized carbons (Fsp3) is 0.360. The van der Waals surface area contributed by atoms with Crippen LogP contribution in [-0.4, -0.2) is 11.6 Å². The second-order valence-electron chi connectivity index (χ2n) is 8.71. The van der Waals surface area contributed by atoms with Crippen molar-refractivity contribution < 1.29 is 9.59 Å². The van der Waals surface area contributed by atoms with Gasteiger partial charge < -0.3 is 0 Å². The Labute approximate surface area is 171 Å². The molecule has 0 heterocycles. The van der Waals surface area contributed by atoms with Crippen molar-refractivity contribution in [2.75, 3.05) is 0 Å². The van der Waals surface area contributed by atoms with Gasteiger partial charge in [0.2, 0.25) is 0 Å². The number of carbonyl (C=O) groups excluding carboxylic acids is 2. The van der Waals surface area contributed by atoms with E-state index in [1.807, 2.05) is 48.5 Å². The summed E-state index contributed by atoms with van der Waals surface area (Å²) in [4.78, 5) is 26.7. The van der Waals surface area contributed by atoms with Gasteiger partial charge in [-0.15, -0.1) is 0 Å². The summed E-state index contributed by atoms with van der Waals surface area (Å²) in [6.07, 6.45) is 0.000946. The predicted molar refractivity (Wildman–Crippen MR) is 110 cm³/mol. The molecule has 0 aliphatic heterocycles. The van der Waals surface area contributed by atoms with E-state index in [-0.39, 0.29) is 18.0 Å². The van der Waals surface area contributed by atoms with Gasteiger partial charge >= 0.3 is 0 Å². The van der Waals surface area contributed by atoms with Crippen LogP contribution in [0.25, 0.3) is 0 Å². The number of hydrogen-bond donors (Lipinski definition) is 0. The molecular weight excluding hydrogens is 360 g/mol. The molecule has 146 valence electrons. The molecule has 3 atom stereocenters. The Morgan fingerprint density at radius 1 is 0.931 bits per heavy atom. The molecule has 2 aromatic rings. The smallest absolute Gasteiger partial charge is 0.158 e. The highest BCUT2D eigenvalue weighted by molar-refractivity contribution is 6.06. The van der Waals surface area contributed by atoms with E-state index in [0.29, 0.717) is 5.56 Å².